The third kappa shape index (κ3) is 16.4. The lowest BCUT2D eigenvalue weighted by molar-refractivity contribution is -0.138. The third-order valence-corrected chi connectivity index (χ3v) is 11.5. The maximum Gasteiger partial charge on any atom is 0.416 e. The van der Waals surface area contributed by atoms with Gasteiger partial charge in [0.05, 0.1) is 30.8 Å². The predicted octanol–water partition coefficient (Wildman–Crippen LogP) is 12.8. The van der Waals surface area contributed by atoms with Crippen LogP contribution in [0.1, 0.15) is 47.9 Å². The van der Waals surface area contributed by atoms with Crippen molar-refractivity contribution in [3.63, 3.8) is 0 Å². The van der Waals surface area contributed by atoms with Crippen LogP contribution in [0.15, 0.2) is 158 Å². The monoisotopic (exact) mass is 910 g/mol. The fourth-order valence-electron chi connectivity index (χ4n) is 7.87. The average molecular weight is 911 g/mol. The Morgan fingerprint density at radius 2 is 1.03 bits per heavy atom. The van der Waals surface area contributed by atoms with Gasteiger partial charge in [0.15, 0.2) is 0 Å². The lowest BCUT2D eigenvalue weighted by Crippen LogP contribution is -2.38. The number of carbonyl (C=O) groups is 1. The van der Waals surface area contributed by atoms with Gasteiger partial charge in [-0.3, -0.25) is 4.79 Å². The number of aliphatic carboxylic acids is 1. The van der Waals surface area contributed by atoms with E-state index in [4.69, 9.17) is 14.6 Å². The molecular weight excluding hydrogens is 855 g/mol. The number of likely N-dealkylation sites (tertiary alicyclic amines) is 1. The zero-order chi connectivity index (χ0) is 46.8. The highest BCUT2D eigenvalue weighted by Gasteiger charge is 2.31. The van der Waals surface area contributed by atoms with E-state index in [0.29, 0.717) is 36.5 Å². The number of hydrogen-bond donors (Lipinski definition) is 2. The van der Waals surface area contributed by atoms with Crippen molar-refractivity contribution in [2.45, 2.75) is 50.9 Å². The lowest BCUT2D eigenvalue weighted by atomic mass is 9.98. The molecule has 6 aromatic carbocycles. The molecule has 0 saturated carbocycles. The van der Waals surface area contributed by atoms with Crippen LogP contribution < -0.4 is 14.8 Å². The highest BCUT2D eigenvalue weighted by Crippen LogP contribution is 2.32. The Hall–Kier alpha value is -6.11. The highest BCUT2D eigenvalue weighted by molar-refractivity contribution is 5.71. The number of hydrogen-bond acceptors (Lipinski definition) is 5. The first-order chi connectivity index (χ1) is 31.8. The van der Waals surface area contributed by atoms with Crippen LogP contribution in [0, 0.1) is 11.8 Å². The van der Waals surface area contributed by atoms with E-state index < -0.39 is 29.4 Å². The van der Waals surface area contributed by atoms with Gasteiger partial charge in [-0.1, -0.05) is 109 Å². The summed E-state index contributed by atoms with van der Waals surface area (Å²) in [6.45, 7) is 6.09. The molecule has 12 heteroatoms. The van der Waals surface area contributed by atoms with E-state index in [9.17, 15) is 31.1 Å². The molecule has 66 heavy (non-hydrogen) atoms. The molecule has 0 aliphatic carbocycles. The second-order valence-corrected chi connectivity index (χ2v) is 16.6. The lowest BCUT2D eigenvalue weighted by Gasteiger charge is -2.32. The topological polar surface area (TPSA) is 71.0 Å². The second kappa shape index (κ2) is 24.4. The van der Waals surface area contributed by atoms with Crippen molar-refractivity contribution in [1.82, 2.24) is 10.2 Å². The van der Waals surface area contributed by atoms with E-state index in [2.05, 4.69) is 58.7 Å². The normalized spacial score (nSPS) is 16.5. The number of carboxylic acid groups (broad SMARTS) is 1. The van der Waals surface area contributed by atoms with Gasteiger partial charge in [-0.15, -0.1) is 0 Å². The molecule has 0 aromatic heterocycles. The summed E-state index contributed by atoms with van der Waals surface area (Å²) in [5.74, 6) is 1.03. The van der Waals surface area contributed by atoms with E-state index in [1.165, 1.54) is 41.0 Å². The van der Waals surface area contributed by atoms with Crippen LogP contribution >= 0.6 is 0 Å². The molecule has 348 valence electrons. The Kier molecular flexibility index (Phi) is 18.3. The minimum atomic E-state index is -4.32. The van der Waals surface area contributed by atoms with E-state index >= 15 is 0 Å². The maximum absolute atomic E-state index is 12.7. The van der Waals surface area contributed by atoms with Crippen LogP contribution in [-0.4, -0.2) is 61.9 Å². The molecule has 6 nitrogen and oxygen atoms in total. The number of nitrogens with one attached hydrogen (secondary N) is 1. The number of benzene rings is 6. The predicted molar refractivity (Wildman–Crippen MR) is 247 cm³/mol. The molecule has 0 amide bonds. The van der Waals surface area contributed by atoms with E-state index in [1.54, 1.807) is 0 Å². The summed E-state index contributed by atoms with van der Waals surface area (Å²) in [6, 6.07) is 46.6. The Balaban J connectivity index is 0.000000179. The van der Waals surface area contributed by atoms with E-state index in [1.807, 2.05) is 60.7 Å². The minimum Gasteiger partial charge on any atom is -0.493 e. The van der Waals surface area contributed by atoms with Gasteiger partial charge in [-0.25, -0.2) is 0 Å². The number of halogens is 6. The number of rotatable bonds is 13. The molecule has 6 aromatic rings. The molecule has 2 heterocycles. The van der Waals surface area contributed by atoms with Gasteiger partial charge in [-0.2, -0.15) is 26.3 Å². The van der Waals surface area contributed by atoms with Crippen molar-refractivity contribution in [2.24, 2.45) is 11.8 Å². The Morgan fingerprint density at radius 3 is 1.48 bits per heavy atom. The quantitative estimate of drug-likeness (QED) is 0.113. The Bertz CT molecular complexity index is 2320. The molecule has 2 aliphatic heterocycles. The van der Waals surface area contributed by atoms with E-state index in [0.717, 1.165) is 106 Å². The summed E-state index contributed by atoms with van der Waals surface area (Å²) < 4.78 is 86.4. The molecule has 2 saturated heterocycles. The number of nitrogens with zero attached hydrogens (tertiary/aromatic N) is 1. The zero-order valence-electron chi connectivity index (χ0n) is 36.7. The molecule has 0 radical (unpaired) electrons. The van der Waals surface area contributed by atoms with E-state index in [-0.39, 0.29) is 6.42 Å². The first kappa shape index (κ1) is 49.3. The Labute approximate surface area is 383 Å². The molecule has 2 unspecified atom stereocenters. The first-order valence-corrected chi connectivity index (χ1v) is 22.3. The Morgan fingerprint density at radius 1 is 0.576 bits per heavy atom. The summed E-state index contributed by atoms with van der Waals surface area (Å²) in [6.07, 6.45) is -3.09. The van der Waals surface area contributed by atoms with Gasteiger partial charge >= 0.3 is 18.3 Å². The fraction of sp³-hybridized carbons (Fsp3) is 0.315. The number of alkyl halides is 6. The zero-order valence-corrected chi connectivity index (χ0v) is 36.7. The van der Waals surface area contributed by atoms with Crippen molar-refractivity contribution < 1.29 is 45.7 Å². The summed E-state index contributed by atoms with van der Waals surface area (Å²) >= 11 is 0. The first-order valence-electron chi connectivity index (χ1n) is 22.3. The van der Waals surface area contributed by atoms with Crippen LogP contribution in [0.2, 0.25) is 0 Å². The summed E-state index contributed by atoms with van der Waals surface area (Å²) in [4.78, 5) is 13.0. The van der Waals surface area contributed by atoms with Crippen molar-refractivity contribution in [2.75, 3.05) is 45.9 Å². The summed E-state index contributed by atoms with van der Waals surface area (Å²) in [7, 11) is 0. The minimum absolute atomic E-state index is 0.0784. The molecule has 2 atom stereocenters. The molecule has 8 rings (SSSR count). The van der Waals surface area contributed by atoms with Gasteiger partial charge < -0.3 is 24.8 Å². The summed E-state index contributed by atoms with van der Waals surface area (Å²) in [5.41, 5.74) is 5.57. The molecule has 0 bridgehead atoms. The standard InChI is InChI=1S/C27H28F3NO.C14H12O2.C13H16F3NO/c28-27(29,30)25-12-14-26(15-13-25)32-20-22-5-4-17-31(19-22)18-16-21-8-10-24(11-9-21)23-6-2-1-3-7-23;15-14(16)10-11-6-8-13(9-7-11)12-4-2-1-3-5-12;14-13(15,16)11-3-5-12(6-4-11)18-9-10-2-1-7-17-8-10/h1-3,6-15,22H,4-5,16-20H2;1-9H,10H2,(H,15,16);3-6,10,17H,1-2,7-9H2. The van der Waals surface area contributed by atoms with Gasteiger partial charge in [0, 0.05) is 31.5 Å². The van der Waals surface area contributed by atoms with Crippen LogP contribution in [-0.2, 0) is 30.0 Å². The number of piperidine rings is 2. The van der Waals surface area contributed by atoms with Crippen LogP contribution in [0.25, 0.3) is 22.3 Å². The average Bonchev–Trinajstić information content (AvgIpc) is 3.33. The van der Waals surface area contributed by atoms with Crippen LogP contribution in [0.4, 0.5) is 26.3 Å². The molecule has 0 spiro atoms. The van der Waals surface area contributed by atoms with Crippen molar-refractivity contribution >= 4 is 5.97 Å². The van der Waals surface area contributed by atoms with Crippen molar-refractivity contribution in [1.29, 1.82) is 0 Å². The summed E-state index contributed by atoms with van der Waals surface area (Å²) in [5, 5.41) is 11.9. The smallest absolute Gasteiger partial charge is 0.416 e. The van der Waals surface area contributed by atoms with Gasteiger partial charge in [-0.05, 0) is 127 Å². The molecule has 2 fully saturated rings. The van der Waals surface area contributed by atoms with Gasteiger partial charge in [0.2, 0.25) is 0 Å². The largest absolute Gasteiger partial charge is 0.493 e. The number of ether oxygens (including phenoxy) is 2. The second-order valence-electron chi connectivity index (χ2n) is 16.6. The van der Waals surface area contributed by atoms with Crippen LogP contribution in [0.5, 0.6) is 11.5 Å². The maximum atomic E-state index is 12.7. The van der Waals surface area contributed by atoms with Gasteiger partial charge in [0.1, 0.15) is 11.5 Å². The van der Waals surface area contributed by atoms with Crippen molar-refractivity contribution in [3.8, 4) is 33.8 Å². The molecule has 2 aliphatic rings. The van der Waals surface area contributed by atoms with Crippen LogP contribution in [0.3, 0.4) is 0 Å². The fourth-order valence-corrected chi connectivity index (χ4v) is 7.87. The molecular formula is C54H56F6N2O4. The SMILES string of the molecule is FC(F)(F)c1ccc(OCC2CCCN(CCc3ccc(-c4ccccc4)cc3)C2)cc1.FC(F)(F)c1ccc(OCC2CCCNC2)cc1.O=C(O)Cc1ccc(-c2ccccc2)cc1. The highest BCUT2D eigenvalue weighted by atomic mass is 19.4. The van der Waals surface area contributed by atoms with Crippen molar-refractivity contribution in [3.05, 3.63) is 180 Å². The number of carboxylic acids is 1. The van der Waals surface area contributed by atoms with Gasteiger partial charge in [0.25, 0.3) is 0 Å². The molecule has 2 N–H and O–H groups in total. The third-order valence-electron chi connectivity index (χ3n) is 11.5.